The van der Waals surface area contributed by atoms with Gasteiger partial charge >= 0.3 is 5.97 Å². The first-order chi connectivity index (χ1) is 9.06. The minimum absolute atomic E-state index is 0.0459. The number of carbonyl (C=O) groups excluding carboxylic acids is 1. The van der Waals surface area contributed by atoms with Crippen LogP contribution in [0.2, 0.25) is 5.02 Å². The smallest absolute Gasteiger partial charge is 0.305 e. The molecule has 0 bridgehead atoms. The molecule has 0 aromatic carbocycles. The number of nitrogens with one attached hydrogen (secondary N) is 1. The Morgan fingerprint density at radius 1 is 1.63 bits per heavy atom. The maximum absolute atomic E-state index is 11.2. The summed E-state index contributed by atoms with van der Waals surface area (Å²) < 4.78 is 4.85. The second kappa shape index (κ2) is 7.59. The molecule has 0 radical (unpaired) electrons. The minimum atomic E-state index is -0.210. The highest BCUT2D eigenvalue weighted by molar-refractivity contribution is 6.31. The Bertz CT molecular complexity index is 485. The number of anilines is 1. The van der Waals surface area contributed by atoms with Crippen molar-refractivity contribution in [2.45, 2.75) is 32.7 Å². The number of esters is 1. The summed E-state index contributed by atoms with van der Waals surface area (Å²) in [7, 11) is 0. The van der Waals surface area contributed by atoms with E-state index in [9.17, 15) is 4.79 Å². The van der Waals surface area contributed by atoms with Crippen LogP contribution in [-0.2, 0) is 9.53 Å². The third-order valence-corrected chi connectivity index (χ3v) is 2.74. The summed E-state index contributed by atoms with van der Waals surface area (Å²) >= 11 is 5.80. The molecule has 6 heteroatoms. The van der Waals surface area contributed by atoms with Crippen LogP contribution in [0, 0.1) is 11.3 Å². The van der Waals surface area contributed by atoms with E-state index in [1.807, 2.05) is 13.0 Å². The molecule has 0 saturated carbocycles. The molecule has 1 rings (SSSR count). The van der Waals surface area contributed by atoms with Gasteiger partial charge in [-0.3, -0.25) is 4.79 Å². The van der Waals surface area contributed by atoms with Gasteiger partial charge < -0.3 is 10.1 Å². The molecule has 0 aliphatic rings. The molecule has 0 amide bonds. The van der Waals surface area contributed by atoms with Crippen molar-refractivity contribution in [3.63, 3.8) is 0 Å². The van der Waals surface area contributed by atoms with Crippen LogP contribution in [0.5, 0.6) is 0 Å². The van der Waals surface area contributed by atoms with Crippen LogP contribution < -0.4 is 5.32 Å². The van der Waals surface area contributed by atoms with Crippen LogP contribution in [0.1, 0.15) is 32.4 Å². The second-order valence-corrected chi connectivity index (χ2v) is 4.44. The van der Waals surface area contributed by atoms with Crippen molar-refractivity contribution < 1.29 is 9.53 Å². The molecular weight excluding hydrogens is 266 g/mol. The van der Waals surface area contributed by atoms with Gasteiger partial charge in [0.1, 0.15) is 11.9 Å². The Balaban J connectivity index is 2.51. The molecule has 0 saturated heterocycles. The summed E-state index contributed by atoms with van der Waals surface area (Å²) in [4.78, 5) is 15.3. The number of halogens is 1. The van der Waals surface area contributed by atoms with Crippen LogP contribution in [0.25, 0.3) is 0 Å². The number of aromatic nitrogens is 1. The molecule has 1 N–H and O–H groups in total. The fourth-order valence-corrected chi connectivity index (χ4v) is 1.64. The third kappa shape index (κ3) is 5.14. The normalized spacial score (nSPS) is 11.5. The second-order valence-electron chi connectivity index (χ2n) is 4.03. The molecule has 19 heavy (non-hydrogen) atoms. The fourth-order valence-electron chi connectivity index (χ4n) is 1.49. The first kappa shape index (κ1) is 15.3. The Morgan fingerprint density at radius 3 is 3.00 bits per heavy atom. The molecule has 5 nitrogen and oxygen atoms in total. The first-order valence-corrected chi connectivity index (χ1v) is 6.43. The summed E-state index contributed by atoms with van der Waals surface area (Å²) in [6, 6.07) is 5.28. The lowest BCUT2D eigenvalue weighted by atomic mass is 10.2. The quantitative estimate of drug-likeness (QED) is 0.812. The van der Waals surface area contributed by atoms with Gasteiger partial charge in [0.05, 0.1) is 11.6 Å². The Morgan fingerprint density at radius 2 is 2.37 bits per heavy atom. The molecule has 0 spiro atoms. The van der Waals surface area contributed by atoms with Gasteiger partial charge in [-0.1, -0.05) is 11.6 Å². The number of carbonyl (C=O) groups is 1. The number of pyridine rings is 1. The van der Waals surface area contributed by atoms with E-state index in [-0.39, 0.29) is 17.7 Å². The van der Waals surface area contributed by atoms with Crippen LogP contribution in [0.15, 0.2) is 12.1 Å². The highest BCUT2D eigenvalue weighted by Crippen LogP contribution is 2.16. The molecule has 1 unspecified atom stereocenters. The van der Waals surface area contributed by atoms with E-state index < -0.39 is 0 Å². The topological polar surface area (TPSA) is 75.0 Å². The van der Waals surface area contributed by atoms with Crippen molar-refractivity contribution >= 4 is 23.4 Å². The summed E-state index contributed by atoms with van der Waals surface area (Å²) in [5.41, 5.74) is 0.184. The zero-order valence-corrected chi connectivity index (χ0v) is 11.7. The SMILES string of the molecule is CCOC(=O)CCC(C)Nc1ccc(Cl)c(C#N)n1. The van der Waals surface area contributed by atoms with Crippen LogP contribution >= 0.6 is 11.6 Å². The zero-order valence-electron chi connectivity index (χ0n) is 10.9. The average molecular weight is 282 g/mol. The molecule has 1 aromatic rings. The Hall–Kier alpha value is -1.80. The predicted molar refractivity (Wildman–Crippen MR) is 72.9 cm³/mol. The van der Waals surface area contributed by atoms with E-state index in [0.717, 1.165) is 0 Å². The summed E-state index contributed by atoms with van der Waals surface area (Å²) in [5.74, 6) is 0.357. The van der Waals surface area contributed by atoms with E-state index in [1.165, 1.54) is 0 Å². The Kier molecular flexibility index (Phi) is 6.10. The maximum atomic E-state index is 11.2. The van der Waals surface area contributed by atoms with Gasteiger partial charge in [-0.25, -0.2) is 4.98 Å². The van der Waals surface area contributed by atoms with E-state index in [1.54, 1.807) is 19.1 Å². The maximum Gasteiger partial charge on any atom is 0.305 e. The van der Waals surface area contributed by atoms with Crippen molar-refractivity contribution in [1.82, 2.24) is 4.98 Å². The lowest BCUT2D eigenvalue weighted by Gasteiger charge is -2.14. The molecule has 0 aliphatic carbocycles. The first-order valence-electron chi connectivity index (χ1n) is 6.05. The largest absolute Gasteiger partial charge is 0.466 e. The minimum Gasteiger partial charge on any atom is -0.466 e. The van der Waals surface area contributed by atoms with Gasteiger partial charge in [-0.05, 0) is 32.4 Å². The van der Waals surface area contributed by atoms with Crippen LogP contribution in [0.3, 0.4) is 0 Å². The van der Waals surface area contributed by atoms with E-state index >= 15 is 0 Å². The molecule has 1 atom stereocenters. The average Bonchev–Trinajstić information content (AvgIpc) is 2.39. The van der Waals surface area contributed by atoms with Crippen molar-refractivity contribution in [3.8, 4) is 6.07 Å². The fraction of sp³-hybridized carbons (Fsp3) is 0.462. The molecular formula is C13H16ClN3O2. The van der Waals surface area contributed by atoms with Gasteiger partial charge in [0.2, 0.25) is 0 Å². The van der Waals surface area contributed by atoms with Crippen molar-refractivity contribution in [2.24, 2.45) is 0 Å². The van der Waals surface area contributed by atoms with Crippen LogP contribution in [0.4, 0.5) is 5.82 Å². The highest BCUT2D eigenvalue weighted by Gasteiger charge is 2.09. The number of rotatable bonds is 6. The predicted octanol–water partition coefficient (Wildman–Crippen LogP) is 2.75. The molecule has 102 valence electrons. The standard InChI is InChI=1S/C13H16ClN3O2/c1-3-19-13(18)7-4-9(2)16-12-6-5-10(14)11(8-15)17-12/h5-6,9H,3-4,7H2,1-2H3,(H,16,17). The number of ether oxygens (including phenoxy) is 1. The van der Waals surface area contributed by atoms with E-state index in [4.69, 9.17) is 21.6 Å². The summed E-state index contributed by atoms with van der Waals surface area (Å²) in [5, 5.41) is 12.3. The van der Waals surface area contributed by atoms with Crippen molar-refractivity contribution in [1.29, 1.82) is 5.26 Å². The van der Waals surface area contributed by atoms with Gasteiger partial charge in [-0.15, -0.1) is 0 Å². The van der Waals surface area contributed by atoms with Crippen LogP contribution in [-0.4, -0.2) is 23.6 Å². The van der Waals surface area contributed by atoms with Gasteiger partial charge in [0, 0.05) is 12.5 Å². The third-order valence-electron chi connectivity index (χ3n) is 2.43. The van der Waals surface area contributed by atoms with Gasteiger partial charge in [-0.2, -0.15) is 5.26 Å². The highest BCUT2D eigenvalue weighted by atomic mass is 35.5. The van der Waals surface area contributed by atoms with E-state index in [0.29, 0.717) is 30.3 Å². The molecule has 0 fully saturated rings. The van der Waals surface area contributed by atoms with Crippen molar-refractivity contribution in [2.75, 3.05) is 11.9 Å². The number of nitrogens with zero attached hydrogens (tertiary/aromatic N) is 2. The Labute approximate surface area is 117 Å². The van der Waals surface area contributed by atoms with E-state index in [2.05, 4.69) is 10.3 Å². The molecule has 1 heterocycles. The molecule has 1 aromatic heterocycles. The van der Waals surface area contributed by atoms with Gasteiger partial charge in [0.15, 0.2) is 5.69 Å². The molecule has 0 aliphatic heterocycles. The number of hydrogen-bond donors (Lipinski definition) is 1. The number of nitriles is 1. The summed E-state index contributed by atoms with van der Waals surface area (Å²) in [6.45, 7) is 4.10. The zero-order chi connectivity index (χ0) is 14.3. The lowest BCUT2D eigenvalue weighted by Crippen LogP contribution is -2.18. The van der Waals surface area contributed by atoms with Crippen molar-refractivity contribution in [3.05, 3.63) is 22.8 Å². The summed E-state index contributed by atoms with van der Waals surface area (Å²) in [6.07, 6.45) is 0.978. The van der Waals surface area contributed by atoms with Gasteiger partial charge in [0.25, 0.3) is 0 Å². The number of hydrogen-bond acceptors (Lipinski definition) is 5. The monoisotopic (exact) mass is 281 g/mol. The lowest BCUT2D eigenvalue weighted by molar-refractivity contribution is -0.143.